The maximum atomic E-state index is 12.5. The molecule has 1 aromatic heterocycles. The molecule has 0 aliphatic rings. The van der Waals surface area contributed by atoms with Crippen LogP contribution in [0.25, 0.3) is 10.2 Å². The van der Waals surface area contributed by atoms with Crippen LogP contribution in [0.4, 0.5) is 0 Å². The summed E-state index contributed by atoms with van der Waals surface area (Å²) < 4.78 is 22.1. The smallest absolute Gasteiger partial charge is 0.162 e. The second-order valence-electron chi connectivity index (χ2n) is 5.86. The van der Waals surface area contributed by atoms with Crippen molar-refractivity contribution in [3.8, 4) is 23.0 Å². The SMILES string of the molecule is COc1ccc(CC(=O)Cc2nc3cc(OC)c(OC)cc3s2)cc1OC. The number of ether oxygens (including phenoxy) is 4. The summed E-state index contributed by atoms with van der Waals surface area (Å²) in [5.74, 6) is 2.61. The number of methoxy groups -OCH3 is 4. The fourth-order valence-electron chi connectivity index (χ4n) is 2.83. The lowest BCUT2D eigenvalue weighted by Crippen LogP contribution is -2.06. The van der Waals surface area contributed by atoms with Crippen LogP contribution >= 0.6 is 11.3 Å². The lowest BCUT2D eigenvalue weighted by atomic mass is 10.1. The highest BCUT2D eigenvalue weighted by atomic mass is 32.1. The molecule has 27 heavy (non-hydrogen) atoms. The lowest BCUT2D eigenvalue weighted by molar-refractivity contribution is -0.117. The first-order valence-electron chi connectivity index (χ1n) is 8.32. The van der Waals surface area contributed by atoms with Crippen LogP contribution in [0.1, 0.15) is 10.6 Å². The van der Waals surface area contributed by atoms with Crippen LogP contribution in [0, 0.1) is 0 Å². The van der Waals surface area contributed by atoms with E-state index in [0.717, 1.165) is 20.8 Å². The number of rotatable bonds is 8. The Balaban J connectivity index is 1.76. The average Bonchev–Trinajstić information content (AvgIpc) is 3.07. The van der Waals surface area contributed by atoms with Crippen molar-refractivity contribution in [2.45, 2.75) is 12.8 Å². The van der Waals surface area contributed by atoms with Crippen LogP contribution < -0.4 is 18.9 Å². The van der Waals surface area contributed by atoms with Crippen molar-refractivity contribution in [1.29, 1.82) is 0 Å². The van der Waals surface area contributed by atoms with Gasteiger partial charge in [0.15, 0.2) is 23.0 Å². The molecule has 0 amide bonds. The Labute approximate surface area is 161 Å². The predicted molar refractivity (Wildman–Crippen MR) is 105 cm³/mol. The first-order chi connectivity index (χ1) is 13.1. The third-order valence-corrected chi connectivity index (χ3v) is 5.15. The fourth-order valence-corrected chi connectivity index (χ4v) is 3.83. The van der Waals surface area contributed by atoms with Crippen LogP contribution in [0.5, 0.6) is 23.0 Å². The number of carbonyl (C=O) groups excluding carboxylic acids is 1. The van der Waals surface area contributed by atoms with Gasteiger partial charge in [0.05, 0.1) is 45.1 Å². The maximum Gasteiger partial charge on any atom is 0.162 e. The van der Waals surface area contributed by atoms with E-state index in [0.29, 0.717) is 29.4 Å². The van der Waals surface area contributed by atoms with Crippen molar-refractivity contribution >= 4 is 27.3 Å². The van der Waals surface area contributed by atoms with Gasteiger partial charge in [-0.1, -0.05) is 6.07 Å². The van der Waals surface area contributed by atoms with E-state index in [2.05, 4.69) is 4.98 Å². The number of Topliss-reactive ketones (excluding diaryl/α,β-unsaturated/α-hetero) is 1. The Morgan fingerprint density at radius 1 is 0.852 bits per heavy atom. The molecule has 0 atom stereocenters. The van der Waals surface area contributed by atoms with Crippen molar-refractivity contribution in [2.24, 2.45) is 0 Å². The molecule has 0 N–H and O–H groups in total. The van der Waals surface area contributed by atoms with Gasteiger partial charge in [-0.2, -0.15) is 0 Å². The molecule has 2 aromatic carbocycles. The quantitative estimate of drug-likeness (QED) is 0.587. The standard InChI is InChI=1S/C20H21NO5S/c1-23-15-6-5-12(8-16(15)24-2)7-13(22)9-20-21-14-10-17(25-3)18(26-4)11-19(14)27-20/h5-6,8,10-11H,7,9H2,1-4H3. The van der Waals surface area contributed by atoms with E-state index in [-0.39, 0.29) is 12.2 Å². The highest BCUT2D eigenvalue weighted by Gasteiger charge is 2.14. The summed E-state index contributed by atoms with van der Waals surface area (Å²) in [5.41, 5.74) is 1.67. The molecule has 6 nitrogen and oxygen atoms in total. The number of nitrogens with zero attached hydrogens (tertiary/aromatic N) is 1. The molecule has 0 fully saturated rings. The number of carbonyl (C=O) groups is 1. The van der Waals surface area contributed by atoms with Gasteiger partial charge in [-0.05, 0) is 17.7 Å². The van der Waals surface area contributed by atoms with Gasteiger partial charge in [0.25, 0.3) is 0 Å². The van der Waals surface area contributed by atoms with Crippen molar-refractivity contribution in [1.82, 2.24) is 4.98 Å². The molecule has 142 valence electrons. The second kappa shape index (κ2) is 8.26. The van der Waals surface area contributed by atoms with E-state index in [1.807, 2.05) is 24.3 Å². The van der Waals surface area contributed by atoms with Gasteiger partial charge in [0.2, 0.25) is 0 Å². The largest absolute Gasteiger partial charge is 0.493 e. The topological polar surface area (TPSA) is 66.9 Å². The molecular formula is C20H21NO5S. The minimum atomic E-state index is 0.0835. The van der Waals surface area contributed by atoms with Gasteiger partial charge in [-0.3, -0.25) is 4.79 Å². The molecule has 0 spiro atoms. The number of aromatic nitrogens is 1. The molecule has 3 rings (SSSR count). The number of ketones is 1. The van der Waals surface area contributed by atoms with Crippen LogP contribution in [0.15, 0.2) is 30.3 Å². The molecule has 0 saturated heterocycles. The van der Waals surface area contributed by atoms with Gasteiger partial charge < -0.3 is 18.9 Å². The summed E-state index contributed by atoms with van der Waals surface area (Å²) in [6.07, 6.45) is 0.585. The minimum absolute atomic E-state index is 0.0835. The first-order valence-corrected chi connectivity index (χ1v) is 9.13. The predicted octanol–water partition coefficient (Wildman–Crippen LogP) is 3.69. The monoisotopic (exact) mass is 387 g/mol. The summed E-state index contributed by atoms with van der Waals surface area (Å²) in [6, 6.07) is 9.21. The molecular weight excluding hydrogens is 366 g/mol. The van der Waals surface area contributed by atoms with E-state index in [1.165, 1.54) is 11.3 Å². The molecule has 7 heteroatoms. The normalized spacial score (nSPS) is 10.7. The zero-order valence-electron chi connectivity index (χ0n) is 15.7. The second-order valence-corrected chi connectivity index (χ2v) is 6.98. The third kappa shape index (κ3) is 4.14. The highest BCUT2D eigenvalue weighted by Crippen LogP contribution is 2.35. The Hall–Kier alpha value is -2.80. The number of hydrogen-bond donors (Lipinski definition) is 0. The summed E-state index contributed by atoms with van der Waals surface area (Å²) in [7, 11) is 6.34. The molecule has 0 aliphatic heterocycles. The number of hydrogen-bond acceptors (Lipinski definition) is 7. The summed E-state index contributed by atoms with van der Waals surface area (Å²) in [4.78, 5) is 17.1. The summed E-state index contributed by atoms with van der Waals surface area (Å²) in [5, 5.41) is 0.769. The van der Waals surface area contributed by atoms with Crippen LogP contribution in [-0.2, 0) is 17.6 Å². The zero-order valence-corrected chi connectivity index (χ0v) is 16.5. The molecule has 0 saturated carbocycles. The van der Waals surface area contributed by atoms with Crippen molar-refractivity contribution < 1.29 is 23.7 Å². The molecule has 3 aromatic rings. The van der Waals surface area contributed by atoms with E-state index in [4.69, 9.17) is 18.9 Å². The number of benzene rings is 2. The summed E-state index contributed by atoms with van der Waals surface area (Å²) in [6.45, 7) is 0. The van der Waals surface area contributed by atoms with Crippen molar-refractivity contribution in [2.75, 3.05) is 28.4 Å². The van der Waals surface area contributed by atoms with Gasteiger partial charge >= 0.3 is 0 Å². The Kier molecular flexibility index (Phi) is 5.81. The Morgan fingerprint density at radius 2 is 1.48 bits per heavy atom. The van der Waals surface area contributed by atoms with Gasteiger partial charge in [-0.25, -0.2) is 4.98 Å². The first kappa shape index (κ1) is 19.0. The molecule has 0 bridgehead atoms. The highest BCUT2D eigenvalue weighted by molar-refractivity contribution is 7.18. The molecule has 0 aliphatic carbocycles. The molecule has 0 radical (unpaired) electrons. The van der Waals surface area contributed by atoms with Gasteiger partial charge in [-0.15, -0.1) is 11.3 Å². The third-order valence-electron chi connectivity index (χ3n) is 4.14. The lowest BCUT2D eigenvalue weighted by Gasteiger charge is -2.09. The van der Waals surface area contributed by atoms with Crippen molar-refractivity contribution in [3.63, 3.8) is 0 Å². The minimum Gasteiger partial charge on any atom is -0.493 e. The average molecular weight is 387 g/mol. The van der Waals surface area contributed by atoms with E-state index in [1.54, 1.807) is 34.5 Å². The van der Waals surface area contributed by atoms with Crippen LogP contribution in [-0.4, -0.2) is 39.2 Å². The number of fused-ring (bicyclic) bond motifs is 1. The van der Waals surface area contributed by atoms with Crippen LogP contribution in [0.3, 0.4) is 0 Å². The molecule has 0 unspecified atom stereocenters. The van der Waals surface area contributed by atoms with E-state index >= 15 is 0 Å². The number of thiazole rings is 1. The zero-order chi connectivity index (χ0) is 19.4. The van der Waals surface area contributed by atoms with E-state index < -0.39 is 0 Å². The summed E-state index contributed by atoms with van der Waals surface area (Å²) >= 11 is 1.49. The van der Waals surface area contributed by atoms with Crippen molar-refractivity contribution in [3.05, 3.63) is 40.9 Å². The Bertz CT molecular complexity index is 925. The van der Waals surface area contributed by atoms with Crippen LogP contribution in [0.2, 0.25) is 0 Å². The molecule has 1 heterocycles. The van der Waals surface area contributed by atoms with Gasteiger partial charge in [0.1, 0.15) is 10.8 Å². The van der Waals surface area contributed by atoms with E-state index in [9.17, 15) is 4.79 Å². The maximum absolute atomic E-state index is 12.5. The Morgan fingerprint density at radius 3 is 2.15 bits per heavy atom. The van der Waals surface area contributed by atoms with Gasteiger partial charge in [0, 0.05) is 18.6 Å². The fraction of sp³-hybridized carbons (Fsp3) is 0.300.